The van der Waals surface area contributed by atoms with Crippen LogP contribution in [0.4, 0.5) is 0 Å². The molecule has 4 nitrogen and oxygen atoms in total. The van der Waals surface area contributed by atoms with Crippen LogP contribution in [0.15, 0.2) is 41.0 Å². The minimum atomic E-state index is -0.294. The van der Waals surface area contributed by atoms with Crippen molar-refractivity contribution in [1.82, 2.24) is 0 Å². The molecule has 0 spiro atoms. The molecule has 0 unspecified atom stereocenters. The van der Waals surface area contributed by atoms with Gasteiger partial charge in [0.2, 0.25) is 5.78 Å². The van der Waals surface area contributed by atoms with E-state index in [1.165, 1.54) is 0 Å². The number of ether oxygens (including phenoxy) is 2. The summed E-state index contributed by atoms with van der Waals surface area (Å²) >= 11 is 0. The quantitative estimate of drug-likeness (QED) is 0.674. The fraction of sp³-hybridized carbons (Fsp3) is 0.227. The van der Waals surface area contributed by atoms with Crippen molar-refractivity contribution in [2.45, 2.75) is 18.8 Å². The largest absolute Gasteiger partial charge is 0.496 e. The highest BCUT2D eigenvalue weighted by molar-refractivity contribution is 6.14. The maximum atomic E-state index is 13.2. The van der Waals surface area contributed by atoms with Crippen molar-refractivity contribution in [2.75, 3.05) is 14.2 Å². The fourth-order valence-corrected chi connectivity index (χ4v) is 4.46. The van der Waals surface area contributed by atoms with Gasteiger partial charge in [-0.15, -0.1) is 0 Å². The normalized spacial score (nSPS) is 20.0. The Hall–Kier alpha value is -3.01. The Labute approximate surface area is 151 Å². The lowest BCUT2D eigenvalue weighted by molar-refractivity contribution is 0.0999. The van der Waals surface area contributed by atoms with Crippen LogP contribution in [0.25, 0.3) is 16.8 Å². The molecule has 2 aromatic carbocycles. The van der Waals surface area contributed by atoms with Crippen LogP contribution in [-0.2, 0) is 5.41 Å². The number of carbonyl (C=O) groups is 1. The van der Waals surface area contributed by atoms with E-state index in [1.54, 1.807) is 20.5 Å². The fourth-order valence-electron chi connectivity index (χ4n) is 4.46. The molecule has 0 amide bonds. The highest BCUT2D eigenvalue weighted by Gasteiger charge is 2.45. The number of methoxy groups -OCH3 is 2. The summed E-state index contributed by atoms with van der Waals surface area (Å²) in [4.78, 5) is 13.2. The molecule has 0 saturated carbocycles. The first-order valence-electron chi connectivity index (χ1n) is 8.61. The Kier molecular flexibility index (Phi) is 2.94. The van der Waals surface area contributed by atoms with E-state index >= 15 is 0 Å². The molecule has 5 rings (SSSR count). The highest BCUT2D eigenvalue weighted by atomic mass is 16.5. The van der Waals surface area contributed by atoms with Gasteiger partial charge in [0.15, 0.2) is 5.76 Å². The number of carbonyl (C=O) groups excluding carboxylic acids is 1. The van der Waals surface area contributed by atoms with E-state index in [1.807, 2.05) is 24.3 Å². The number of hydrogen-bond acceptors (Lipinski definition) is 4. The molecule has 2 aliphatic rings. The first-order valence-corrected chi connectivity index (χ1v) is 8.61. The van der Waals surface area contributed by atoms with Crippen LogP contribution in [0.1, 0.15) is 46.2 Å². The van der Waals surface area contributed by atoms with Crippen molar-refractivity contribution in [2.24, 2.45) is 0 Å². The highest BCUT2D eigenvalue weighted by Crippen LogP contribution is 2.50. The third-order valence-corrected chi connectivity index (χ3v) is 5.75. The van der Waals surface area contributed by atoms with Crippen LogP contribution in [0.2, 0.25) is 0 Å². The van der Waals surface area contributed by atoms with Crippen LogP contribution in [-0.4, -0.2) is 20.0 Å². The van der Waals surface area contributed by atoms with Crippen LogP contribution >= 0.6 is 0 Å². The summed E-state index contributed by atoms with van der Waals surface area (Å²) in [5.74, 6) is 1.88. The standard InChI is InChI=1S/C22H18O4/c1-22-8-4-5-12-11-26-21(19(12)22)20(23)15-9-13-14(10-16(15)22)18(25-3)7-6-17(13)24-2/h4-7,9-11H,8H2,1-3H3/t22-/m0/s1. The van der Waals surface area contributed by atoms with Crippen molar-refractivity contribution in [3.63, 3.8) is 0 Å². The summed E-state index contributed by atoms with van der Waals surface area (Å²) in [6.07, 6.45) is 6.69. The monoisotopic (exact) mass is 346 g/mol. The molecule has 0 saturated heterocycles. The Morgan fingerprint density at radius 3 is 2.46 bits per heavy atom. The lowest BCUT2D eigenvalue weighted by Gasteiger charge is -2.37. The molecule has 3 aromatic rings. The number of benzene rings is 2. The van der Waals surface area contributed by atoms with Gasteiger partial charge in [0.25, 0.3) is 0 Å². The van der Waals surface area contributed by atoms with Gasteiger partial charge in [-0.25, -0.2) is 0 Å². The minimum absolute atomic E-state index is 0.0687. The van der Waals surface area contributed by atoms with Crippen molar-refractivity contribution in [3.8, 4) is 11.5 Å². The maximum Gasteiger partial charge on any atom is 0.228 e. The molecule has 1 aromatic heterocycles. The van der Waals surface area contributed by atoms with Gasteiger partial charge in [-0.2, -0.15) is 0 Å². The molecule has 0 N–H and O–H groups in total. The smallest absolute Gasteiger partial charge is 0.228 e. The Morgan fingerprint density at radius 2 is 1.77 bits per heavy atom. The second-order valence-corrected chi connectivity index (χ2v) is 7.08. The molecule has 1 atom stereocenters. The molecular weight excluding hydrogens is 328 g/mol. The number of hydrogen-bond donors (Lipinski definition) is 0. The predicted molar refractivity (Wildman–Crippen MR) is 99.3 cm³/mol. The first-order chi connectivity index (χ1) is 12.6. The SMILES string of the molecule is COc1ccc(OC)c2cc3c(cc12)C(=O)c1occ2c1[C@@]3(C)CC=C2. The van der Waals surface area contributed by atoms with Gasteiger partial charge >= 0.3 is 0 Å². The van der Waals surface area contributed by atoms with E-state index in [9.17, 15) is 4.79 Å². The maximum absolute atomic E-state index is 13.2. The Morgan fingerprint density at radius 1 is 1.08 bits per heavy atom. The third-order valence-electron chi connectivity index (χ3n) is 5.75. The van der Waals surface area contributed by atoms with Gasteiger partial charge < -0.3 is 13.9 Å². The molecule has 1 heterocycles. The van der Waals surface area contributed by atoms with Crippen LogP contribution in [0, 0.1) is 0 Å². The summed E-state index contributed by atoms with van der Waals surface area (Å²) < 4.78 is 16.8. The van der Waals surface area contributed by atoms with E-state index in [4.69, 9.17) is 13.9 Å². The van der Waals surface area contributed by atoms with Gasteiger partial charge in [0.05, 0.1) is 20.5 Å². The number of ketones is 1. The summed E-state index contributed by atoms with van der Waals surface area (Å²) in [5.41, 5.74) is 3.39. The summed E-state index contributed by atoms with van der Waals surface area (Å²) in [7, 11) is 3.29. The average molecular weight is 346 g/mol. The van der Waals surface area contributed by atoms with E-state index in [-0.39, 0.29) is 11.2 Å². The van der Waals surface area contributed by atoms with Crippen molar-refractivity contribution < 1.29 is 18.7 Å². The van der Waals surface area contributed by atoms with Crippen molar-refractivity contribution in [1.29, 1.82) is 0 Å². The summed E-state index contributed by atoms with van der Waals surface area (Å²) in [6, 6.07) is 7.77. The minimum Gasteiger partial charge on any atom is -0.496 e. The van der Waals surface area contributed by atoms with Gasteiger partial charge in [0, 0.05) is 32.9 Å². The molecule has 2 aliphatic carbocycles. The predicted octanol–water partition coefficient (Wildman–Crippen LogP) is 4.72. The van der Waals surface area contributed by atoms with E-state index in [0.717, 1.165) is 45.4 Å². The zero-order valence-corrected chi connectivity index (χ0v) is 14.9. The Balaban J connectivity index is 1.90. The zero-order valence-electron chi connectivity index (χ0n) is 14.9. The Bertz CT molecular complexity index is 1120. The van der Waals surface area contributed by atoms with E-state index in [0.29, 0.717) is 11.3 Å². The lowest BCUT2D eigenvalue weighted by atomic mass is 9.64. The number of allylic oxidation sites excluding steroid dienone is 1. The van der Waals surface area contributed by atoms with Crippen LogP contribution < -0.4 is 9.47 Å². The number of fused-ring (bicyclic) bond motifs is 3. The summed E-state index contributed by atoms with van der Waals surface area (Å²) in [5, 5.41) is 1.81. The third kappa shape index (κ3) is 1.71. The van der Waals surface area contributed by atoms with Crippen molar-refractivity contribution in [3.05, 3.63) is 64.6 Å². The lowest BCUT2D eigenvalue weighted by Crippen LogP contribution is -2.33. The molecule has 0 radical (unpaired) electrons. The van der Waals surface area contributed by atoms with Crippen molar-refractivity contribution >= 4 is 22.6 Å². The van der Waals surface area contributed by atoms with Crippen LogP contribution in [0.5, 0.6) is 11.5 Å². The molecule has 0 bridgehead atoms. The second kappa shape index (κ2) is 5.01. The van der Waals surface area contributed by atoms with Gasteiger partial charge in [-0.05, 0) is 36.2 Å². The van der Waals surface area contributed by atoms with Crippen LogP contribution in [0.3, 0.4) is 0 Å². The molecule has 0 fully saturated rings. The summed E-state index contributed by atoms with van der Waals surface area (Å²) in [6.45, 7) is 2.18. The van der Waals surface area contributed by atoms with Gasteiger partial charge in [0.1, 0.15) is 11.5 Å². The molecule has 0 aliphatic heterocycles. The van der Waals surface area contributed by atoms with E-state index in [2.05, 4.69) is 19.1 Å². The molecular formula is C22H18O4. The first kappa shape index (κ1) is 15.3. The second-order valence-electron chi connectivity index (χ2n) is 7.08. The topological polar surface area (TPSA) is 48.7 Å². The zero-order chi connectivity index (χ0) is 18.1. The van der Waals surface area contributed by atoms with Gasteiger partial charge in [-0.1, -0.05) is 19.1 Å². The number of furan rings is 1. The molecule has 4 heteroatoms. The van der Waals surface area contributed by atoms with E-state index < -0.39 is 0 Å². The molecule has 26 heavy (non-hydrogen) atoms. The average Bonchev–Trinajstić information content (AvgIpc) is 3.10. The van der Waals surface area contributed by atoms with Gasteiger partial charge in [-0.3, -0.25) is 4.79 Å². The molecule has 130 valence electrons. The number of rotatable bonds is 2.